The summed E-state index contributed by atoms with van der Waals surface area (Å²) in [5.74, 6) is 0.716. The fourth-order valence-electron chi connectivity index (χ4n) is 1.56. The highest BCUT2D eigenvalue weighted by molar-refractivity contribution is 6.29. The quantitative estimate of drug-likeness (QED) is 0.716. The molecule has 1 aromatic heterocycles. The van der Waals surface area contributed by atoms with Crippen LogP contribution in [0.25, 0.3) is 0 Å². The summed E-state index contributed by atoms with van der Waals surface area (Å²) in [5.41, 5.74) is 0.968. The fourth-order valence-corrected chi connectivity index (χ4v) is 1.77. The molecule has 1 aromatic rings. The lowest BCUT2D eigenvalue weighted by Gasteiger charge is -2.15. The molecule has 4 heteroatoms. The Balaban J connectivity index is 2.93. The van der Waals surface area contributed by atoms with E-state index in [1.165, 1.54) is 0 Å². The number of rotatable bonds is 6. The Hall–Kier alpha value is -0.670. The second kappa shape index (κ2) is 6.81. The monoisotopic (exact) mass is 242 g/mol. The van der Waals surface area contributed by atoms with Crippen molar-refractivity contribution in [2.75, 3.05) is 6.61 Å². The Kier molecular flexibility index (Phi) is 5.71. The van der Waals surface area contributed by atoms with Gasteiger partial charge in [-0.1, -0.05) is 31.9 Å². The molecule has 0 saturated heterocycles. The van der Waals surface area contributed by atoms with Crippen molar-refractivity contribution in [3.63, 3.8) is 0 Å². The molecule has 0 aliphatic rings. The third-order valence-corrected chi connectivity index (χ3v) is 2.53. The minimum atomic E-state index is -0.0287. The highest BCUT2D eigenvalue weighted by Gasteiger charge is 2.15. The molecule has 1 atom stereocenters. The molecule has 90 valence electrons. The van der Waals surface area contributed by atoms with Gasteiger partial charge >= 0.3 is 0 Å². The van der Waals surface area contributed by atoms with Crippen molar-refractivity contribution < 1.29 is 4.74 Å². The van der Waals surface area contributed by atoms with Crippen LogP contribution in [0.15, 0.2) is 6.07 Å². The van der Waals surface area contributed by atoms with Gasteiger partial charge in [-0.3, -0.25) is 0 Å². The van der Waals surface area contributed by atoms with E-state index in [9.17, 15) is 0 Å². The van der Waals surface area contributed by atoms with E-state index in [1.54, 1.807) is 6.07 Å². The SMILES string of the molecule is CCCC(OCC)c1nc(Cl)cc(CC)n1. The summed E-state index contributed by atoms with van der Waals surface area (Å²) < 4.78 is 5.64. The molecule has 1 rings (SSSR count). The van der Waals surface area contributed by atoms with Gasteiger partial charge in [-0.15, -0.1) is 0 Å². The average molecular weight is 243 g/mol. The molecule has 0 aliphatic heterocycles. The van der Waals surface area contributed by atoms with Gasteiger partial charge < -0.3 is 4.74 Å². The standard InChI is InChI=1S/C12H19ClN2O/c1-4-7-10(16-6-3)12-14-9(5-2)8-11(13)15-12/h8,10H,4-7H2,1-3H3. The second-order valence-corrected chi connectivity index (χ2v) is 4.01. The molecule has 16 heavy (non-hydrogen) atoms. The second-order valence-electron chi connectivity index (χ2n) is 3.63. The number of halogens is 1. The van der Waals surface area contributed by atoms with Crippen molar-refractivity contribution in [1.29, 1.82) is 0 Å². The molecule has 0 spiro atoms. The largest absolute Gasteiger partial charge is 0.371 e. The van der Waals surface area contributed by atoms with E-state index < -0.39 is 0 Å². The van der Waals surface area contributed by atoms with E-state index in [1.807, 2.05) is 6.92 Å². The van der Waals surface area contributed by atoms with Crippen LogP contribution in [0.5, 0.6) is 0 Å². The number of hydrogen-bond acceptors (Lipinski definition) is 3. The first-order valence-electron chi connectivity index (χ1n) is 5.86. The highest BCUT2D eigenvalue weighted by atomic mass is 35.5. The van der Waals surface area contributed by atoms with Crippen molar-refractivity contribution in [2.24, 2.45) is 0 Å². The predicted octanol–water partition coefficient (Wildman–Crippen LogP) is 3.57. The molecule has 0 radical (unpaired) electrons. The molecular weight excluding hydrogens is 224 g/mol. The maximum atomic E-state index is 5.97. The predicted molar refractivity (Wildman–Crippen MR) is 65.7 cm³/mol. The summed E-state index contributed by atoms with van der Waals surface area (Å²) in [7, 11) is 0. The third-order valence-electron chi connectivity index (χ3n) is 2.33. The molecule has 1 unspecified atom stereocenters. The van der Waals surface area contributed by atoms with Crippen molar-refractivity contribution in [2.45, 2.75) is 46.1 Å². The molecular formula is C12H19ClN2O. The van der Waals surface area contributed by atoms with E-state index in [4.69, 9.17) is 16.3 Å². The van der Waals surface area contributed by atoms with Gasteiger partial charge in [0.25, 0.3) is 0 Å². The summed E-state index contributed by atoms with van der Waals surface area (Å²) in [5, 5.41) is 0.502. The summed E-state index contributed by atoms with van der Waals surface area (Å²) in [4.78, 5) is 8.72. The number of aryl methyl sites for hydroxylation is 1. The Labute approximate surface area is 102 Å². The molecule has 0 aliphatic carbocycles. The molecule has 0 N–H and O–H groups in total. The van der Waals surface area contributed by atoms with E-state index in [0.717, 1.165) is 25.0 Å². The van der Waals surface area contributed by atoms with Crippen LogP contribution in [0.3, 0.4) is 0 Å². The first kappa shape index (κ1) is 13.4. The molecule has 1 heterocycles. The normalized spacial score (nSPS) is 12.8. The van der Waals surface area contributed by atoms with Gasteiger partial charge in [0, 0.05) is 12.3 Å². The number of aromatic nitrogens is 2. The minimum absolute atomic E-state index is 0.0287. The minimum Gasteiger partial charge on any atom is -0.371 e. The van der Waals surface area contributed by atoms with Crippen LogP contribution >= 0.6 is 11.6 Å². The molecule has 0 aromatic carbocycles. The summed E-state index contributed by atoms with van der Waals surface area (Å²) in [6.45, 7) is 6.82. The lowest BCUT2D eigenvalue weighted by atomic mass is 10.2. The van der Waals surface area contributed by atoms with E-state index in [2.05, 4.69) is 23.8 Å². The number of nitrogens with zero attached hydrogens (tertiary/aromatic N) is 2. The van der Waals surface area contributed by atoms with Gasteiger partial charge in [0.1, 0.15) is 11.3 Å². The van der Waals surface area contributed by atoms with Gasteiger partial charge in [0.15, 0.2) is 5.82 Å². The first-order chi connectivity index (χ1) is 7.71. The highest BCUT2D eigenvalue weighted by Crippen LogP contribution is 2.21. The summed E-state index contributed by atoms with van der Waals surface area (Å²) in [6.07, 6.45) is 2.80. The van der Waals surface area contributed by atoms with Crippen molar-refractivity contribution in [3.05, 3.63) is 22.7 Å². The Morgan fingerprint density at radius 2 is 2.06 bits per heavy atom. The van der Waals surface area contributed by atoms with Crippen molar-refractivity contribution in [1.82, 2.24) is 9.97 Å². The van der Waals surface area contributed by atoms with Crippen LogP contribution in [0.2, 0.25) is 5.15 Å². The van der Waals surface area contributed by atoms with Crippen LogP contribution in [0, 0.1) is 0 Å². The van der Waals surface area contributed by atoms with Crippen LogP contribution in [-0.4, -0.2) is 16.6 Å². The van der Waals surface area contributed by atoms with Gasteiger partial charge in [-0.25, -0.2) is 9.97 Å². The van der Waals surface area contributed by atoms with Crippen LogP contribution < -0.4 is 0 Å². The molecule has 0 amide bonds. The number of hydrogen-bond donors (Lipinski definition) is 0. The lowest BCUT2D eigenvalue weighted by molar-refractivity contribution is 0.0492. The topological polar surface area (TPSA) is 35.0 Å². The molecule has 0 fully saturated rings. The molecule has 0 bridgehead atoms. The Morgan fingerprint density at radius 3 is 2.62 bits per heavy atom. The van der Waals surface area contributed by atoms with Crippen LogP contribution in [0.1, 0.15) is 51.2 Å². The Bertz CT molecular complexity index is 325. The van der Waals surface area contributed by atoms with Crippen molar-refractivity contribution >= 4 is 11.6 Å². The fraction of sp³-hybridized carbons (Fsp3) is 0.667. The van der Waals surface area contributed by atoms with Gasteiger partial charge in [0.2, 0.25) is 0 Å². The van der Waals surface area contributed by atoms with Gasteiger partial charge in [0.05, 0.1) is 0 Å². The summed E-state index contributed by atoms with van der Waals surface area (Å²) >= 11 is 5.97. The molecule has 3 nitrogen and oxygen atoms in total. The maximum absolute atomic E-state index is 5.97. The third kappa shape index (κ3) is 3.72. The Morgan fingerprint density at radius 1 is 1.31 bits per heavy atom. The van der Waals surface area contributed by atoms with Gasteiger partial charge in [-0.2, -0.15) is 0 Å². The van der Waals surface area contributed by atoms with Crippen LogP contribution in [0.4, 0.5) is 0 Å². The van der Waals surface area contributed by atoms with E-state index >= 15 is 0 Å². The van der Waals surface area contributed by atoms with E-state index in [-0.39, 0.29) is 6.10 Å². The average Bonchev–Trinajstić information content (AvgIpc) is 2.28. The van der Waals surface area contributed by atoms with Gasteiger partial charge in [-0.05, 0) is 25.8 Å². The summed E-state index contributed by atoms with van der Waals surface area (Å²) in [6, 6.07) is 1.81. The molecule has 0 saturated carbocycles. The van der Waals surface area contributed by atoms with E-state index in [0.29, 0.717) is 17.6 Å². The zero-order chi connectivity index (χ0) is 12.0. The first-order valence-corrected chi connectivity index (χ1v) is 6.23. The van der Waals surface area contributed by atoms with Crippen LogP contribution in [-0.2, 0) is 11.2 Å². The lowest BCUT2D eigenvalue weighted by Crippen LogP contribution is -2.10. The zero-order valence-electron chi connectivity index (χ0n) is 10.2. The maximum Gasteiger partial charge on any atom is 0.159 e. The zero-order valence-corrected chi connectivity index (χ0v) is 10.9. The number of ether oxygens (including phenoxy) is 1. The smallest absolute Gasteiger partial charge is 0.159 e. The van der Waals surface area contributed by atoms with Crippen molar-refractivity contribution in [3.8, 4) is 0 Å².